The maximum absolute atomic E-state index is 11.2. The predicted octanol–water partition coefficient (Wildman–Crippen LogP) is -1.84. The Morgan fingerprint density at radius 3 is 2.69 bits per heavy atom. The van der Waals surface area contributed by atoms with Crippen LogP contribution in [0, 0.1) is 0 Å². The Kier molecular flexibility index (Phi) is 6.30. The maximum Gasteiger partial charge on any atom is 1.00 e. The van der Waals surface area contributed by atoms with Crippen molar-refractivity contribution in [1.82, 2.24) is 0 Å². The second-order valence-corrected chi connectivity index (χ2v) is 4.95. The summed E-state index contributed by atoms with van der Waals surface area (Å²) in [7, 11) is -3.75. The Balaban J connectivity index is 0.00000225. The third kappa shape index (κ3) is 4.28. The third-order valence-corrected chi connectivity index (χ3v) is 3.03. The topological polar surface area (TPSA) is 86.7 Å². The number of hydrogen-bond donors (Lipinski definition) is 1. The van der Waals surface area contributed by atoms with Gasteiger partial charge in [-0.2, -0.15) is 0 Å². The molecule has 1 rings (SSSR count). The van der Waals surface area contributed by atoms with Crippen LogP contribution in [-0.4, -0.2) is 17.3 Å². The zero-order valence-electron chi connectivity index (χ0n) is 9.04. The first-order chi connectivity index (χ1) is 6.98. The zero-order chi connectivity index (χ0) is 11.5. The van der Waals surface area contributed by atoms with E-state index in [0.717, 1.165) is 6.07 Å². The largest absolute Gasteiger partial charge is 1.00 e. The van der Waals surface area contributed by atoms with Gasteiger partial charge in [-0.3, -0.25) is 4.79 Å². The number of hydrogen-bond acceptors (Lipinski definition) is 4. The second-order valence-electron chi connectivity index (χ2n) is 2.86. The molecule has 0 saturated carbocycles. The van der Waals surface area contributed by atoms with Gasteiger partial charge in [0.1, 0.15) is 5.75 Å². The van der Waals surface area contributed by atoms with Crippen molar-refractivity contribution in [2.24, 2.45) is 0 Å². The summed E-state index contributed by atoms with van der Waals surface area (Å²) in [5.41, 5.74) is 0.0809. The molecule has 1 unspecified atom stereocenters. The minimum atomic E-state index is -3.75. The molecule has 0 bridgehead atoms. The van der Waals surface area contributed by atoms with Gasteiger partial charge >= 0.3 is 37.2 Å². The van der Waals surface area contributed by atoms with Gasteiger partial charge in [0, 0.05) is 0 Å². The molecule has 0 aliphatic rings. The molecule has 16 heavy (non-hydrogen) atoms. The van der Waals surface area contributed by atoms with E-state index in [0.29, 0.717) is 6.29 Å². The van der Waals surface area contributed by atoms with E-state index < -0.39 is 7.60 Å². The summed E-state index contributed by atoms with van der Waals surface area (Å²) in [5.74, 6) is -0.531. The fraction of sp³-hybridized carbons (Fsp3) is 0.222. The van der Waals surface area contributed by atoms with Crippen molar-refractivity contribution in [3.05, 3.63) is 23.8 Å². The van der Waals surface area contributed by atoms with Crippen LogP contribution in [0.4, 0.5) is 0 Å². The van der Waals surface area contributed by atoms with Crippen molar-refractivity contribution in [2.45, 2.75) is 6.92 Å². The molecule has 0 aromatic heterocycles. The first-order valence-corrected chi connectivity index (χ1v) is 6.02. The molecule has 0 aliphatic heterocycles. The number of carbonyl (C=O) groups excluding carboxylic acids is 1. The number of aldehydes is 1. The van der Waals surface area contributed by atoms with Crippen molar-refractivity contribution >= 4 is 13.9 Å². The smallest absolute Gasteiger partial charge is 0.872 e. The molecule has 1 atom stereocenters. The molecule has 0 aliphatic carbocycles. The van der Waals surface area contributed by atoms with Crippen molar-refractivity contribution in [2.75, 3.05) is 6.16 Å². The molecule has 1 aromatic rings. The van der Waals surface area contributed by atoms with E-state index in [-0.39, 0.29) is 52.8 Å². The van der Waals surface area contributed by atoms with Crippen LogP contribution in [0.3, 0.4) is 0 Å². The van der Waals surface area contributed by atoms with E-state index in [9.17, 15) is 19.4 Å². The van der Waals surface area contributed by atoms with Crippen molar-refractivity contribution in [1.29, 1.82) is 0 Å². The Hall–Kier alpha value is -0.320. The fourth-order valence-electron chi connectivity index (χ4n) is 0.909. The molecular weight excluding hydrogens is 242 g/mol. The molecular formula is C9H10NaO5P. The molecule has 0 amide bonds. The van der Waals surface area contributed by atoms with Crippen LogP contribution in [0.2, 0.25) is 0 Å². The van der Waals surface area contributed by atoms with Crippen molar-refractivity contribution < 1.29 is 53.4 Å². The molecule has 0 fully saturated rings. The Labute approximate surface area is 115 Å². The zero-order valence-corrected chi connectivity index (χ0v) is 11.9. The molecule has 1 N–H and O–H groups in total. The summed E-state index contributed by atoms with van der Waals surface area (Å²) in [5, 5.41) is 11.0. The summed E-state index contributed by atoms with van der Waals surface area (Å²) in [6.07, 6.45) is 0.374. The van der Waals surface area contributed by atoms with Crippen LogP contribution in [0.5, 0.6) is 11.5 Å². The van der Waals surface area contributed by atoms with Crippen LogP contribution in [0.25, 0.3) is 0 Å². The van der Waals surface area contributed by atoms with Crippen LogP contribution in [0.1, 0.15) is 17.3 Å². The van der Waals surface area contributed by atoms with Gasteiger partial charge in [0.2, 0.25) is 0 Å². The van der Waals surface area contributed by atoms with Gasteiger partial charge in [0.15, 0.2) is 6.29 Å². The monoisotopic (exact) mass is 252 g/mol. The van der Waals surface area contributed by atoms with Gasteiger partial charge in [-0.25, -0.2) is 4.57 Å². The van der Waals surface area contributed by atoms with Gasteiger partial charge in [0.25, 0.3) is 0 Å². The summed E-state index contributed by atoms with van der Waals surface area (Å²) in [6, 6.07) is 3.45. The molecule has 5 nitrogen and oxygen atoms in total. The van der Waals surface area contributed by atoms with Crippen molar-refractivity contribution in [3.63, 3.8) is 0 Å². The predicted molar refractivity (Wildman–Crippen MR) is 52.3 cm³/mol. The summed E-state index contributed by atoms with van der Waals surface area (Å²) < 4.78 is 16.0. The summed E-state index contributed by atoms with van der Waals surface area (Å²) in [6.45, 7) is 1.47. The SMILES string of the molecule is CCP(=O)(O)Oc1cc([O-])ccc1C=O.[Na+]. The average Bonchev–Trinajstić information content (AvgIpc) is 2.18. The van der Waals surface area contributed by atoms with E-state index >= 15 is 0 Å². The molecule has 82 valence electrons. The van der Waals surface area contributed by atoms with Gasteiger partial charge in [-0.05, 0) is 12.1 Å². The van der Waals surface area contributed by atoms with Gasteiger partial charge < -0.3 is 14.5 Å². The standard InChI is InChI=1S/C9H11O5P.Na/c1-2-15(12,13)14-9-5-8(11)4-3-7(9)6-10;/h3-6,11H,2H2,1H3,(H,12,13);/q;+1/p-1. The maximum atomic E-state index is 11.2. The Bertz CT molecular complexity index is 420. The normalized spacial score (nSPS) is 13.4. The number of carbonyl (C=O) groups is 1. The van der Waals surface area contributed by atoms with Crippen LogP contribution >= 0.6 is 7.60 Å². The van der Waals surface area contributed by atoms with E-state index in [1.165, 1.54) is 19.1 Å². The van der Waals surface area contributed by atoms with Gasteiger partial charge in [0.05, 0.1) is 11.7 Å². The molecule has 0 saturated heterocycles. The fourth-order valence-corrected chi connectivity index (χ4v) is 1.50. The molecule has 0 spiro atoms. The minimum absolute atomic E-state index is 0. The Morgan fingerprint density at radius 2 is 2.19 bits per heavy atom. The molecule has 0 heterocycles. The molecule has 1 aromatic carbocycles. The molecule has 0 radical (unpaired) electrons. The van der Waals surface area contributed by atoms with E-state index in [1.54, 1.807) is 0 Å². The summed E-state index contributed by atoms with van der Waals surface area (Å²) >= 11 is 0. The minimum Gasteiger partial charge on any atom is -0.872 e. The van der Waals surface area contributed by atoms with Crippen LogP contribution < -0.4 is 39.2 Å². The van der Waals surface area contributed by atoms with E-state index in [4.69, 9.17) is 4.52 Å². The van der Waals surface area contributed by atoms with Crippen LogP contribution in [-0.2, 0) is 4.57 Å². The number of rotatable bonds is 4. The summed E-state index contributed by atoms with van der Waals surface area (Å²) in [4.78, 5) is 19.8. The van der Waals surface area contributed by atoms with Crippen LogP contribution in [0.15, 0.2) is 18.2 Å². The quantitative estimate of drug-likeness (QED) is 0.386. The Morgan fingerprint density at radius 1 is 1.56 bits per heavy atom. The van der Waals surface area contributed by atoms with Crippen molar-refractivity contribution in [3.8, 4) is 11.5 Å². The van der Waals surface area contributed by atoms with Gasteiger partial charge in [-0.1, -0.05) is 13.0 Å². The van der Waals surface area contributed by atoms with E-state index in [2.05, 4.69) is 0 Å². The second kappa shape index (κ2) is 6.42. The van der Waals surface area contributed by atoms with E-state index in [1.807, 2.05) is 0 Å². The first-order valence-electron chi connectivity index (χ1n) is 4.26. The average molecular weight is 252 g/mol. The van der Waals surface area contributed by atoms with Gasteiger partial charge in [-0.15, -0.1) is 5.75 Å². The number of benzene rings is 1. The molecule has 7 heteroatoms. The third-order valence-electron chi connectivity index (χ3n) is 1.75. The first kappa shape index (κ1) is 15.7.